The van der Waals surface area contributed by atoms with E-state index in [1.807, 2.05) is 12.1 Å². The molecule has 1 heterocycles. The fourth-order valence-corrected chi connectivity index (χ4v) is 5.10. The van der Waals surface area contributed by atoms with E-state index in [0.29, 0.717) is 6.61 Å². The van der Waals surface area contributed by atoms with Gasteiger partial charge in [0, 0.05) is 10.6 Å². The lowest BCUT2D eigenvalue weighted by molar-refractivity contribution is 0.132. The standard InChI is InChI=1S/C24H32NO2P/c1-23(2,3)20-17-26-22(25-20)21(24(4,5)6)27-28(18-13-9-7-10-14-18)19-15-11-8-12-16-19/h7-16,20-21H,17H2,1-6H3/t20-,21-/m1/s1. The number of hydrogen-bond acceptors (Lipinski definition) is 3. The molecule has 0 radical (unpaired) electrons. The molecule has 2 aromatic rings. The summed E-state index contributed by atoms with van der Waals surface area (Å²) in [6.45, 7) is 13.8. The van der Waals surface area contributed by atoms with Gasteiger partial charge < -0.3 is 9.26 Å². The van der Waals surface area contributed by atoms with Gasteiger partial charge in [0.05, 0.1) is 14.2 Å². The minimum Gasteiger partial charge on any atom is -0.477 e. The summed E-state index contributed by atoms with van der Waals surface area (Å²) in [6, 6.07) is 21.1. The molecule has 0 spiro atoms. The second-order valence-electron chi connectivity index (χ2n) is 9.48. The lowest BCUT2D eigenvalue weighted by Crippen LogP contribution is -2.38. The van der Waals surface area contributed by atoms with Crippen LogP contribution in [0.5, 0.6) is 0 Å². The predicted octanol–water partition coefficient (Wildman–Crippen LogP) is 5.31. The molecule has 3 nitrogen and oxygen atoms in total. The maximum atomic E-state index is 6.84. The van der Waals surface area contributed by atoms with Crippen molar-refractivity contribution in [1.29, 1.82) is 0 Å². The minimum absolute atomic E-state index is 0.0772. The molecule has 0 bridgehead atoms. The zero-order valence-electron chi connectivity index (χ0n) is 17.8. The molecule has 2 aromatic carbocycles. The second-order valence-corrected chi connectivity index (χ2v) is 11.3. The third-order valence-electron chi connectivity index (χ3n) is 4.87. The largest absolute Gasteiger partial charge is 0.477 e. The summed E-state index contributed by atoms with van der Waals surface area (Å²) < 4.78 is 12.9. The number of benzene rings is 2. The van der Waals surface area contributed by atoms with Crippen LogP contribution in [-0.4, -0.2) is 24.7 Å². The Labute approximate surface area is 171 Å². The summed E-state index contributed by atoms with van der Waals surface area (Å²) in [5, 5.41) is 2.40. The van der Waals surface area contributed by atoms with Gasteiger partial charge in [-0.05, 0) is 10.8 Å². The highest BCUT2D eigenvalue weighted by molar-refractivity contribution is 7.68. The molecule has 3 rings (SSSR count). The third kappa shape index (κ3) is 5.01. The monoisotopic (exact) mass is 397 g/mol. The maximum Gasteiger partial charge on any atom is 0.214 e. The second kappa shape index (κ2) is 8.35. The van der Waals surface area contributed by atoms with Crippen LogP contribution < -0.4 is 10.6 Å². The van der Waals surface area contributed by atoms with Crippen molar-refractivity contribution in [1.82, 2.24) is 0 Å². The lowest BCUT2D eigenvalue weighted by atomic mass is 9.87. The van der Waals surface area contributed by atoms with Gasteiger partial charge in [-0.25, -0.2) is 4.99 Å². The SMILES string of the molecule is CC(C)(C)[C@H](OP(c1ccccc1)c1ccccc1)C1=N[C@@H](C(C)(C)C)CO1. The van der Waals surface area contributed by atoms with Gasteiger partial charge in [0.2, 0.25) is 5.90 Å². The van der Waals surface area contributed by atoms with Crippen LogP contribution in [0.2, 0.25) is 0 Å². The van der Waals surface area contributed by atoms with Crippen LogP contribution in [0.1, 0.15) is 41.5 Å². The van der Waals surface area contributed by atoms with Gasteiger partial charge in [-0.2, -0.15) is 0 Å². The molecule has 0 saturated heterocycles. The molecule has 1 aliphatic heterocycles. The van der Waals surface area contributed by atoms with Gasteiger partial charge in [-0.1, -0.05) is 102 Å². The smallest absolute Gasteiger partial charge is 0.214 e. The van der Waals surface area contributed by atoms with E-state index < -0.39 is 8.15 Å². The number of rotatable bonds is 5. The molecule has 0 aromatic heterocycles. The van der Waals surface area contributed by atoms with E-state index in [1.165, 1.54) is 10.6 Å². The minimum atomic E-state index is -0.974. The molecule has 0 amide bonds. The fourth-order valence-electron chi connectivity index (χ4n) is 3.06. The molecular formula is C24H32NO2P. The zero-order chi connectivity index (χ0) is 20.4. The van der Waals surface area contributed by atoms with Crippen molar-refractivity contribution in [3.8, 4) is 0 Å². The molecule has 150 valence electrons. The van der Waals surface area contributed by atoms with E-state index >= 15 is 0 Å². The highest BCUT2D eigenvalue weighted by Gasteiger charge is 2.40. The molecule has 28 heavy (non-hydrogen) atoms. The van der Waals surface area contributed by atoms with Crippen LogP contribution in [-0.2, 0) is 9.26 Å². The topological polar surface area (TPSA) is 30.8 Å². The number of hydrogen-bond donors (Lipinski definition) is 0. The lowest BCUT2D eigenvalue weighted by Gasteiger charge is -2.33. The Morgan fingerprint density at radius 3 is 1.79 bits per heavy atom. The third-order valence-corrected chi connectivity index (χ3v) is 6.83. The van der Waals surface area contributed by atoms with Gasteiger partial charge in [0.15, 0.2) is 0 Å². The highest BCUT2D eigenvalue weighted by Crippen LogP contribution is 2.42. The molecule has 0 saturated carbocycles. The molecule has 1 aliphatic rings. The first-order valence-electron chi connectivity index (χ1n) is 9.94. The maximum absolute atomic E-state index is 6.84. The summed E-state index contributed by atoms with van der Waals surface area (Å²) in [5.41, 5.74) is -0.0521. The average molecular weight is 397 g/mol. The van der Waals surface area contributed by atoms with Gasteiger partial charge in [0.25, 0.3) is 0 Å². The Bertz CT molecular complexity index is 751. The number of ether oxygens (including phenoxy) is 1. The molecule has 0 unspecified atom stereocenters. The van der Waals surface area contributed by atoms with Crippen LogP contribution in [0.4, 0.5) is 0 Å². The van der Waals surface area contributed by atoms with Crippen molar-refractivity contribution < 1.29 is 9.26 Å². The van der Waals surface area contributed by atoms with E-state index in [2.05, 4.69) is 90.1 Å². The Kier molecular flexibility index (Phi) is 6.27. The van der Waals surface area contributed by atoms with E-state index in [-0.39, 0.29) is 23.0 Å². The molecule has 4 heteroatoms. The van der Waals surface area contributed by atoms with Crippen molar-refractivity contribution in [2.45, 2.75) is 53.7 Å². The first kappa shape index (κ1) is 21.0. The van der Waals surface area contributed by atoms with Crippen LogP contribution >= 0.6 is 8.15 Å². The van der Waals surface area contributed by atoms with Gasteiger partial charge in [-0.15, -0.1) is 0 Å². The van der Waals surface area contributed by atoms with E-state index in [4.69, 9.17) is 14.3 Å². The molecular weight excluding hydrogens is 365 g/mol. The van der Waals surface area contributed by atoms with Crippen molar-refractivity contribution >= 4 is 24.7 Å². The average Bonchev–Trinajstić information content (AvgIpc) is 3.13. The van der Waals surface area contributed by atoms with E-state index in [1.54, 1.807) is 0 Å². The van der Waals surface area contributed by atoms with Crippen LogP contribution in [0.15, 0.2) is 65.7 Å². The normalized spacial score (nSPS) is 18.7. The van der Waals surface area contributed by atoms with Crippen molar-refractivity contribution in [3.63, 3.8) is 0 Å². The summed E-state index contributed by atoms with van der Waals surface area (Å²) in [7, 11) is -0.974. The van der Waals surface area contributed by atoms with Crippen LogP contribution in [0.3, 0.4) is 0 Å². The number of nitrogens with zero attached hydrogens (tertiary/aromatic N) is 1. The highest BCUT2D eigenvalue weighted by atomic mass is 31.1. The van der Waals surface area contributed by atoms with Crippen molar-refractivity contribution in [2.75, 3.05) is 6.61 Å². The molecule has 0 aliphatic carbocycles. The fraction of sp³-hybridized carbons (Fsp3) is 0.458. The van der Waals surface area contributed by atoms with E-state index in [0.717, 1.165) is 5.90 Å². The molecule has 0 fully saturated rings. The zero-order valence-corrected chi connectivity index (χ0v) is 18.7. The van der Waals surface area contributed by atoms with Crippen LogP contribution in [0, 0.1) is 10.8 Å². The Morgan fingerprint density at radius 1 is 0.893 bits per heavy atom. The summed E-state index contributed by atoms with van der Waals surface area (Å²) in [4.78, 5) is 4.95. The molecule has 2 atom stereocenters. The van der Waals surface area contributed by atoms with Gasteiger partial charge >= 0.3 is 0 Å². The van der Waals surface area contributed by atoms with Gasteiger partial charge in [-0.3, -0.25) is 0 Å². The first-order valence-corrected chi connectivity index (χ1v) is 11.2. The Morgan fingerprint density at radius 2 is 1.39 bits per heavy atom. The quantitative estimate of drug-likeness (QED) is 0.640. The Balaban J connectivity index is 1.96. The van der Waals surface area contributed by atoms with Gasteiger partial charge in [0.1, 0.15) is 12.7 Å². The first-order chi connectivity index (χ1) is 13.2. The van der Waals surface area contributed by atoms with Crippen LogP contribution in [0.25, 0.3) is 0 Å². The van der Waals surface area contributed by atoms with Crippen molar-refractivity contribution in [3.05, 3.63) is 60.7 Å². The summed E-state index contributed by atoms with van der Waals surface area (Å²) >= 11 is 0. The Hall–Kier alpha value is -1.70. The predicted molar refractivity (Wildman–Crippen MR) is 120 cm³/mol. The number of aliphatic imine (C=N–C) groups is 1. The summed E-state index contributed by atoms with van der Waals surface area (Å²) in [5.74, 6) is 0.742. The molecule has 0 N–H and O–H groups in total. The summed E-state index contributed by atoms with van der Waals surface area (Å²) in [6.07, 6.45) is -0.202. The van der Waals surface area contributed by atoms with Crippen molar-refractivity contribution in [2.24, 2.45) is 15.8 Å². The van der Waals surface area contributed by atoms with E-state index in [9.17, 15) is 0 Å².